The van der Waals surface area contributed by atoms with Crippen molar-refractivity contribution in [2.45, 2.75) is 36.0 Å². The number of amides is 1. The van der Waals surface area contributed by atoms with Crippen LogP contribution in [0.3, 0.4) is 0 Å². The number of alkyl halides is 2. The van der Waals surface area contributed by atoms with Gasteiger partial charge < -0.3 is 4.90 Å². The number of rotatable bonds is 4. The molecule has 0 aliphatic carbocycles. The fourth-order valence-corrected chi connectivity index (χ4v) is 3.28. The minimum atomic E-state index is -2.46. The molecule has 0 bridgehead atoms. The van der Waals surface area contributed by atoms with E-state index in [9.17, 15) is 13.6 Å². The summed E-state index contributed by atoms with van der Waals surface area (Å²) in [4.78, 5) is 19.1. The summed E-state index contributed by atoms with van der Waals surface area (Å²) in [5.41, 5.74) is 0.495. The summed E-state index contributed by atoms with van der Waals surface area (Å²) in [6.45, 7) is 0.651. The third-order valence-corrected chi connectivity index (χ3v) is 4.56. The molecule has 2 aromatic rings. The number of nitrogens with zero attached hydrogens (tertiary/aromatic N) is 3. The first-order valence-corrected chi connectivity index (χ1v) is 8.24. The van der Waals surface area contributed by atoms with Crippen LogP contribution in [0.1, 0.15) is 41.5 Å². The first kappa shape index (κ1) is 15.9. The van der Waals surface area contributed by atoms with E-state index >= 15 is 0 Å². The number of hydrogen-bond donors (Lipinski definition) is 1. The molecule has 1 N–H and O–H groups in total. The maximum atomic E-state index is 12.7. The van der Waals surface area contributed by atoms with Gasteiger partial charge in [-0.1, -0.05) is 11.8 Å². The highest BCUT2D eigenvalue weighted by Gasteiger charge is 2.30. The van der Waals surface area contributed by atoms with Crippen molar-refractivity contribution in [3.05, 3.63) is 42.0 Å². The summed E-state index contributed by atoms with van der Waals surface area (Å²) >= 11 is 0.472. The topological polar surface area (TPSA) is 61.9 Å². The van der Waals surface area contributed by atoms with Gasteiger partial charge in [-0.05, 0) is 43.5 Å². The number of piperidine rings is 1. The Kier molecular flexibility index (Phi) is 4.90. The number of nitrogens with one attached hydrogen (secondary N) is 1. The number of aromatic amines is 1. The molecule has 1 saturated heterocycles. The molecule has 0 radical (unpaired) electrons. The van der Waals surface area contributed by atoms with E-state index in [4.69, 9.17) is 0 Å². The second-order valence-electron chi connectivity index (χ2n) is 5.28. The van der Waals surface area contributed by atoms with Gasteiger partial charge in [0.25, 0.3) is 11.7 Å². The zero-order chi connectivity index (χ0) is 16.2. The van der Waals surface area contributed by atoms with E-state index < -0.39 is 5.76 Å². The molecule has 1 fully saturated rings. The molecule has 1 amide bonds. The number of carbonyl (C=O) groups is 1. The first-order chi connectivity index (χ1) is 11.1. The lowest BCUT2D eigenvalue weighted by Crippen LogP contribution is -2.39. The second-order valence-corrected chi connectivity index (χ2v) is 6.35. The number of thioether (sulfide) groups is 1. The Morgan fingerprint density at radius 2 is 2.09 bits per heavy atom. The van der Waals surface area contributed by atoms with Crippen LogP contribution in [0.5, 0.6) is 0 Å². The number of benzene rings is 1. The molecule has 0 saturated carbocycles. The van der Waals surface area contributed by atoms with Gasteiger partial charge in [0.05, 0.1) is 6.04 Å². The fraction of sp³-hybridized carbons (Fsp3) is 0.400. The molecule has 8 heteroatoms. The average Bonchev–Trinajstić information content (AvgIpc) is 3.09. The van der Waals surface area contributed by atoms with Crippen LogP contribution in [-0.2, 0) is 0 Å². The SMILES string of the molecule is O=C(c1ccc(SC(F)F)cc1)N1CCCC[C@H]1c1ncn[nH]1. The minimum absolute atomic E-state index is 0.111. The van der Waals surface area contributed by atoms with E-state index in [-0.39, 0.29) is 11.9 Å². The minimum Gasteiger partial charge on any atom is -0.328 e. The average molecular weight is 338 g/mol. The Bertz CT molecular complexity index is 648. The fourth-order valence-electron chi connectivity index (χ4n) is 2.78. The van der Waals surface area contributed by atoms with Crippen molar-refractivity contribution < 1.29 is 13.6 Å². The van der Waals surface area contributed by atoms with Crippen molar-refractivity contribution in [3.63, 3.8) is 0 Å². The molecule has 122 valence electrons. The number of likely N-dealkylation sites (tertiary alicyclic amines) is 1. The van der Waals surface area contributed by atoms with Crippen LogP contribution in [0.15, 0.2) is 35.5 Å². The van der Waals surface area contributed by atoms with Gasteiger partial charge in [0.2, 0.25) is 0 Å². The Labute approximate surface area is 136 Å². The molecule has 0 unspecified atom stereocenters. The maximum Gasteiger partial charge on any atom is 0.288 e. The van der Waals surface area contributed by atoms with Crippen LogP contribution in [0.25, 0.3) is 0 Å². The van der Waals surface area contributed by atoms with Crippen LogP contribution in [0.2, 0.25) is 0 Å². The molecule has 23 heavy (non-hydrogen) atoms. The summed E-state index contributed by atoms with van der Waals surface area (Å²) in [6, 6.07) is 6.18. The van der Waals surface area contributed by atoms with Crippen LogP contribution < -0.4 is 0 Å². The quantitative estimate of drug-likeness (QED) is 0.867. The van der Waals surface area contributed by atoms with Crippen molar-refractivity contribution in [2.75, 3.05) is 6.54 Å². The highest BCUT2D eigenvalue weighted by Crippen LogP contribution is 2.31. The van der Waals surface area contributed by atoms with Gasteiger partial charge in [0, 0.05) is 17.0 Å². The third-order valence-electron chi connectivity index (χ3n) is 3.84. The van der Waals surface area contributed by atoms with Crippen LogP contribution in [0, 0.1) is 0 Å². The zero-order valence-electron chi connectivity index (χ0n) is 12.3. The van der Waals surface area contributed by atoms with Crippen molar-refractivity contribution in [1.29, 1.82) is 0 Å². The molecule has 5 nitrogen and oxygen atoms in total. The molecule has 1 atom stereocenters. The molecule has 1 aliphatic heterocycles. The summed E-state index contributed by atoms with van der Waals surface area (Å²) in [6.07, 6.45) is 4.23. The zero-order valence-corrected chi connectivity index (χ0v) is 13.1. The maximum absolute atomic E-state index is 12.7. The molecular weight excluding hydrogens is 322 g/mol. The number of hydrogen-bond acceptors (Lipinski definition) is 4. The lowest BCUT2D eigenvalue weighted by atomic mass is 10.00. The normalized spacial score (nSPS) is 18.4. The predicted molar refractivity (Wildman–Crippen MR) is 82.3 cm³/mol. The largest absolute Gasteiger partial charge is 0.328 e. The van der Waals surface area contributed by atoms with Gasteiger partial charge in [0.15, 0.2) is 0 Å². The predicted octanol–water partition coefficient (Wildman–Crippen LogP) is 3.49. The smallest absolute Gasteiger partial charge is 0.288 e. The van der Waals surface area contributed by atoms with Gasteiger partial charge in [-0.25, -0.2) is 4.98 Å². The molecule has 1 aromatic heterocycles. The van der Waals surface area contributed by atoms with E-state index in [2.05, 4.69) is 15.2 Å². The lowest BCUT2D eigenvalue weighted by Gasteiger charge is -2.34. The van der Waals surface area contributed by atoms with Crippen molar-refractivity contribution in [3.8, 4) is 0 Å². The first-order valence-electron chi connectivity index (χ1n) is 7.36. The van der Waals surface area contributed by atoms with Gasteiger partial charge in [0.1, 0.15) is 12.2 Å². The van der Waals surface area contributed by atoms with Crippen LogP contribution in [0.4, 0.5) is 8.78 Å². The highest BCUT2D eigenvalue weighted by atomic mass is 32.2. The van der Waals surface area contributed by atoms with Crippen LogP contribution in [-0.4, -0.2) is 38.3 Å². The monoisotopic (exact) mass is 338 g/mol. The Morgan fingerprint density at radius 1 is 1.30 bits per heavy atom. The third kappa shape index (κ3) is 3.69. The molecule has 3 rings (SSSR count). The van der Waals surface area contributed by atoms with E-state index in [0.717, 1.165) is 19.3 Å². The summed E-state index contributed by atoms with van der Waals surface area (Å²) < 4.78 is 24.7. The summed E-state index contributed by atoms with van der Waals surface area (Å²) in [7, 11) is 0. The highest BCUT2D eigenvalue weighted by molar-refractivity contribution is 7.99. The summed E-state index contributed by atoms with van der Waals surface area (Å²) in [5.74, 6) is -1.89. The lowest BCUT2D eigenvalue weighted by molar-refractivity contribution is 0.0600. The number of carbonyl (C=O) groups excluding carboxylic acids is 1. The van der Waals surface area contributed by atoms with E-state index in [1.807, 2.05) is 0 Å². The Morgan fingerprint density at radius 3 is 2.74 bits per heavy atom. The number of H-pyrrole nitrogens is 1. The van der Waals surface area contributed by atoms with Crippen molar-refractivity contribution in [1.82, 2.24) is 20.1 Å². The molecular formula is C15H16F2N4OS. The standard InChI is InChI=1S/C15H16F2N4OS/c16-15(17)23-11-6-4-10(5-7-11)14(22)21-8-2-1-3-12(21)13-18-9-19-20-13/h4-7,9,12,15H,1-3,8H2,(H,18,19,20)/t12-/m0/s1. The Hall–Kier alpha value is -1.96. The number of aromatic nitrogens is 3. The molecule has 1 aromatic carbocycles. The van der Waals surface area contributed by atoms with Gasteiger partial charge >= 0.3 is 0 Å². The van der Waals surface area contributed by atoms with E-state index in [1.165, 1.54) is 6.33 Å². The molecule has 0 spiro atoms. The molecule has 2 heterocycles. The Balaban J connectivity index is 1.77. The van der Waals surface area contributed by atoms with Crippen LogP contribution >= 0.6 is 11.8 Å². The van der Waals surface area contributed by atoms with Crippen molar-refractivity contribution >= 4 is 17.7 Å². The molecule has 1 aliphatic rings. The number of halogens is 2. The van der Waals surface area contributed by atoms with E-state index in [0.29, 0.717) is 34.6 Å². The second kappa shape index (κ2) is 7.08. The van der Waals surface area contributed by atoms with Gasteiger partial charge in [-0.3, -0.25) is 9.89 Å². The van der Waals surface area contributed by atoms with Crippen molar-refractivity contribution in [2.24, 2.45) is 0 Å². The van der Waals surface area contributed by atoms with E-state index in [1.54, 1.807) is 29.2 Å². The van der Waals surface area contributed by atoms with Gasteiger partial charge in [-0.15, -0.1) is 0 Å². The van der Waals surface area contributed by atoms with Gasteiger partial charge in [-0.2, -0.15) is 13.9 Å². The summed E-state index contributed by atoms with van der Waals surface area (Å²) in [5, 5.41) is 6.69.